The smallest absolute Gasteiger partial charge is 0.0537 e. The maximum absolute atomic E-state index is 2.53. The molecule has 5 aromatic carbocycles. The fraction of sp³-hybridized carbons (Fsp3) is 0.125. The molecule has 2 unspecified atom stereocenters. The minimum Gasteiger partial charge on any atom is -0.314 e. The molecule has 5 aliphatic carbocycles. The van der Waals surface area contributed by atoms with E-state index in [2.05, 4.69) is 167 Å². The van der Waals surface area contributed by atoms with Gasteiger partial charge in [0.25, 0.3) is 0 Å². The molecular formula is C48H36N2. The molecule has 238 valence electrons. The number of benzene rings is 5. The maximum Gasteiger partial charge on any atom is 0.0537 e. The number of allylic oxidation sites excluding steroid dienone is 11. The zero-order valence-electron chi connectivity index (χ0n) is 27.9. The van der Waals surface area contributed by atoms with E-state index >= 15 is 0 Å². The summed E-state index contributed by atoms with van der Waals surface area (Å²) in [5, 5.41) is 3.86. The zero-order valence-corrected chi connectivity index (χ0v) is 27.9. The average molecular weight is 641 g/mol. The van der Waals surface area contributed by atoms with Crippen molar-refractivity contribution in [2.75, 3.05) is 4.90 Å². The van der Waals surface area contributed by atoms with Crippen LogP contribution in [0.1, 0.15) is 47.6 Å². The van der Waals surface area contributed by atoms with Crippen LogP contribution in [0, 0.1) is 5.92 Å². The highest BCUT2D eigenvalue weighted by atomic mass is 15.2. The van der Waals surface area contributed by atoms with E-state index in [1.54, 1.807) is 11.1 Å². The maximum atomic E-state index is 2.53. The second kappa shape index (κ2) is 10.8. The summed E-state index contributed by atoms with van der Waals surface area (Å²) in [6.45, 7) is 0. The van der Waals surface area contributed by atoms with Gasteiger partial charge in [-0.05, 0) is 118 Å². The fourth-order valence-electron chi connectivity index (χ4n) is 9.55. The monoisotopic (exact) mass is 640 g/mol. The summed E-state index contributed by atoms with van der Waals surface area (Å²) in [5.74, 6) is 0.805. The Labute approximate surface area is 293 Å². The molecule has 0 spiro atoms. The third-order valence-electron chi connectivity index (χ3n) is 11.7. The highest BCUT2D eigenvalue weighted by Gasteiger charge is 2.42. The van der Waals surface area contributed by atoms with E-state index in [0.717, 1.165) is 25.7 Å². The number of rotatable bonds is 4. The van der Waals surface area contributed by atoms with Crippen molar-refractivity contribution in [1.82, 2.24) is 4.57 Å². The van der Waals surface area contributed by atoms with E-state index in [9.17, 15) is 0 Å². The quantitative estimate of drug-likeness (QED) is 0.186. The third kappa shape index (κ3) is 4.08. The molecule has 0 bridgehead atoms. The Bertz CT molecular complexity index is 2600. The first-order valence-corrected chi connectivity index (χ1v) is 18.1. The highest BCUT2D eigenvalue weighted by molar-refractivity contribution is 5.96. The lowest BCUT2D eigenvalue weighted by molar-refractivity contribution is 0.711. The molecule has 0 radical (unpaired) electrons. The summed E-state index contributed by atoms with van der Waals surface area (Å²) < 4.78 is 2.51. The van der Waals surface area contributed by atoms with Crippen LogP contribution in [-0.4, -0.2) is 4.57 Å². The van der Waals surface area contributed by atoms with Crippen LogP contribution in [0.2, 0.25) is 0 Å². The summed E-state index contributed by atoms with van der Waals surface area (Å²) in [5.41, 5.74) is 17.9. The van der Waals surface area contributed by atoms with Crippen LogP contribution in [0.4, 0.5) is 11.4 Å². The molecular weight excluding hydrogens is 605 g/mol. The van der Waals surface area contributed by atoms with E-state index in [4.69, 9.17) is 0 Å². The van der Waals surface area contributed by atoms with Gasteiger partial charge in [0.15, 0.2) is 0 Å². The third-order valence-corrected chi connectivity index (χ3v) is 11.7. The van der Waals surface area contributed by atoms with Crippen molar-refractivity contribution in [3.63, 3.8) is 0 Å². The number of aromatic nitrogens is 1. The topological polar surface area (TPSA) is 8.17 Å². The van der Waals surface area contributed by atoms with Gasteiger partial charge in [0.1, 0.15) is 0 Å². The Morgan fingerprint density at radius 1 is 0.700 bits per heavy atom. The van der Waals surface area contributed by atoms with Crippen molar-refractivity contribution < 1.29 is 0 Å². The Morgan fingerprint density at radius 3 is 2.50 bits per heavy atom. The first-order valence-electron chi connectivity index (χ1n) is 18.1. The van der Waals surface area contributed by atoms with E-state index in [1.807, 2.05) is 0 Å². The van der Waals surface area contributed by atoms with Gasteiger partial charge in [-0.2, -0.15) is 0 Å². The molecule has 0 amide bonds. The molecule has 6 aromatic rings. The van der Waals surface area contributed by atoms with Gasteiger partial charge in [0.2, 0.25) is 0 Å². The number of anilines is 2. The van der Waals surface area contributed by atoms with Crippen LogP contribution in [0.3, 0.4) is 0 Å². The summed E-state index contributed by atoms with van der Waals surface area (Å²) in [6.07, 6.45) is 20.9. The fourth-order valence-corrected chi connectivity index (χ4v) is 9.55. The molecule has 5 aliphatic rings. The van der Waals surface area contributed by atoms with Gasteiger partial charge in [-0.1, -0.05) is 109 Å². The number of fused-ring (bicyclic) bond motifs is 8. The lowest BCUT2D eigenvalue weighted by Gasteiger charge is -2.31. The molecule has 2 nitrogen and oxygen atoms in total. The molecule has 2 atom stereocenters. The molecule has 50 heavy (non-hydrogen) atoms. The van der Waals surface area contributed by atoms with E-state index in [-0.39, 0.29) is 0 Å². The number of hydrogen-bond donors (Lipinski definition) is 0. The lowest BCUT2D eigenvalue weighted by atomic mass is 9.72. The van der Waals surface area contributed by atoms with Gasteiger partial charge in [-0.3, -0.25) is 0 Å². The molecule has 2 heteroatoms. The van der Waals surface area contributed by atoms with Crippen LogP contribution >= 0.6 is 0 Å². The second-order valence-corrected chi connectivity index (χ2v) is 14.3. The van der Waals surface area contributed by atoms with E-state index < -0.39 is 0 Å². The normalized spacial score (nSPS) is 19.8. The predicted molar refractivity (Wildman–Crippen MR) is 209 cm³/mol. The largest absolute Gasteiger partial charge is 0.314 e. The highest BCUT2D eigenvalue weighted by Crippen LogP contribution is 2.58. The van der Waals surface area contributed by atoms with Crippen LogP contribution in [0.5, 0.6) is 0 Å². The molecule has 0 aliphatic heterocycles. The molecule has 1 aromatic heterocycles. The minimum absolute atomic E-state index is 0.376. The van der Waals surface area contributed by atoms with Crippen molar-refractivity contribution in [2.24, 2.45) is 5.92 Å². The van der Waals surface area contributed by atoms with Crippen LogP contribution in [0.15, 0.2) is 174 Å². The molecule has 11 rings (SSSR count). The van der Waals surface area contributed by atoms with Crippen molar-refractivity contribution in [1.29, 1.82) is 0 Å². The SMILES string of the molecule is C1=CC2c3cc(N(C4=Cc5c(n(-c6ccc7ccccc7c6)c6ccccc56)CC4)c4ccccc4)ccc3C3=C4CCC=CC4=CC(=C1)C32. The van der Waals surface area contributed by atoms with Crippen LogP contribution in [-0.2, 0) is 6.42 Å². The van der Waals surface area contributed by atoms with Crippen LogP contribution in [0.25, 0.3) is 39.0 Å². The second-order valence-electron chi connectivity index (χ2n) is 14.3. The van der Waals surface area contributed by atoms with Gasteiger partial charge < -0.3 is 9.47 Å². The van der Waals surface area contributed by atoms with Gasteiger partial charge in [0, 0.05) is 51.2 Å². The Balaban J connectivity index is 1.07. The summed E-state index contributed by atoms with van der Waals surface area (Å²) in [7, 11) is 0. The Hall–Kier alpha value is -5.86. The van der Waals surface area contributed by atoms with Crippen molar-refractivity contribution in [2.45, 2.75) is 31.6 Å². The van der Waals surface area contributed by atoms with E-state index in [0.29, 0.717) is 11.8 Å². The van der Waals surface area contributed by atoms with Gasteiger partial charge in [-0.25, -0.2) is 0 Å². The Kier molecular flexibility index (Phi) is 6.07. The van der Waals surface area contributed by atoms with Gasteiger partial charge >= 0.3 is 0 Å². The standard InChI is InChI=1S/C48H36N2/c1-2-15-35(16-3-1)49(37-23-25-42-43(29-37)41-19-10-14-34-27-33-13-6-7-17-39(33)48(42)47(34)41)38-24-26-46-44(30-38)40-18-8-9-20-45(40)50(46)36-22-21-31-11-4-5-12-32(31)28-36/h1-6,8-16,18-23,25,27-30,41,47H,7,17,24,26H2. The minimum atomic E-state index is 0.376. The number of nitrogens with zero attached hydrogens (tertiary/aromatic N) is 2. The molecule has 0 fully saturated rings. The Morgan fingerprint density at radius 2 is 1.56 bits per heavy atom. The summed E-state index contributed by atoms with van der Waals surface area (Å²) in [6, 6.07) is 42.8. The van der Waals surface area contributed by atoms with Crippen molar-refractivity contribution in [3.05, 3.63) is 197 Å². The molecule has 1 heterocycles. The number of hydrogen-bond acceptors (Lipinski definition) is 1. The van der Waals surface area contributed by atoms with Crippen molar-refractivity contribution >= 4 is 44.7 Å². The molecule has 0 saturated carbocycles. The first kappa shape index (κ1) is 28.0. The summed E-state index contributed by atoms with van der Waals surface area (Å²) in [4.78, 5) is 2.53. The number of para-hydroxylation sites is 2. The lowest BCUT2D eigenvalue weighted by Crippen LogP contribution is -2.20. The molecule has 0 saturated heterocycles. The summed E-state index contributed by atoms with van der Waals surface area (Å²) >= 11 is 0. The zero-order chi connectivity index (χ0) is 32.8. The van der Waals surface area contributed by atoms with Gasteiger partial charge in [-0.15, -0.1) is 0 Å². The molecule has 0 N–H and O–H groups in total. The first-order chi connectivity index (χ1) is 24.8. The van der Waals surface area contributed by atoms with Crippen LogP contribution < -0.4 is 4.90 Å². The van der Waals surface area contributed by atoms with Crippen molar-refractivity contribution in [3.8, 4) is 5.69 Å². The average Bonchev–Trinajstić information content (AvgIpc) is 3.69. The predicted octanol–water partition coefficient (Wildman–Crippen LogP) is 12.2. The van der Waals surface area contributed by atoms with E-state index in [1.165, 1.54) is 78.0 Å². The van der Waals surface area contributed by atoms with Gasteiger partial charge in [0.05, 0.1) is 5.52 Å².